The number of carbonyl (C=O) groups excluding carboxylic acids is 1. The SMILES string of the molecule is CC(=O)/C=C(/C)O.[2H]C([2H])([2H])c1ccc2c(-c3[c-]c(C)cc(C)c3)nccc2c1.[Ir]. The fraction of sp³-hybridized carbons (Fsp3) is 0.217. The number of allylic oxidation sites excluding steroid dienone is 2. The molecule has 0 spiro atoms. The number of benzene rings is 2. The van der Waals surface area contributed by atoms with Gasteiger partial charge in [-0.15, -0.1) is 34.9 Å². The molecule has 0 aliphatic carbocycles. The average molecular weight is 542 g/mol. The molecular weight excluding hydrogens is 514 g/mol. The maximum atomic E-state index is 10.0. The first-order valence-corrected chi connectivity index (χ1v) is 8.25. The maximum Gasteiger partial charge on any atom is 0.155 e. The summed E-state index contributed by atoms with van der Waals surface area (Å²) in [5.74, 6) is -0.0625. The average Bonchev–Trinajstić information content (AvgIpc) is 2.58. The quantitative estimate of drug-likeness (QED) is 0.259. The van der Waals surface area contributed by atoms with Gasteiger partial charge in [-0.05, 0) is 43.2 Å². The van der Waals surface area contributed by atoms with E-state index in [0.29, 0.717) is 5.56 Å². The summed E-state index contributed by atoms with van der Waals surface area (Å²) in [6.45, 7) is 4.81. The van der Waals surface area contributed by atoms with Crippen molar-refractivity contribution >= 4 is 16.6 Å². The smallest absolute Gasteiger partial charge is 0.155 e. The third-order valence-electron chi connectivity index (χ3n) is 3.58. The number of carbonyl (C=O) groups is 1. The Morgan fingerprint density at radius 1 is 1.15 bits per heavy atom. The number of aliphatic hydroxyl groups excluding tert-OH is 1. The van der Waals surface area contributed by atoms with Crippen LogP contribution < -0.4 is 0 Å². The summed E-state index contributed by atoms with van der Waals surface area (Å²) in [7, 11) is 0. The van der Waals surface area contributed by atoms with Gasteiger partial charge in [0.05, 0.1) is 5.76 Å². The Hall–Kier alpha value is -2.29. The van der Waals surface area contributed by atoms with Crippen LogP contribution in [0.15, 0.2) is 54.4 Å². The van der Waals surface area contributed by atoms with E-state index in [1.165, 1.54) is 19.9 Å². The molecule has 4 heteroatoms. The number of ketones is 1. The molecule has 1 radical (unpaired) electrons. The Bertz CT molecular complexity index is 1050. The summed E-state index contributed by atoms with van der Waals surface area (Å²) in [5.41, 5.74) is 4.34. The van der Waals surface area contributed by atoms with Crippen LogP contribution in [-0.4, -0.2) is 15.9 Å². The summed E-state index contributed by atoms with van der Waals surface area (Å²) in [6, 6.07) is 14.5. The maximum absolute atomic E-state index is 10.0. The Morgan fingerprint density at radius 2 is 1.89 bits per heavy atom. The van der Waals surface area contributed by atoms with Crippen molar-refractivity contribution < 1.29 is 34.1 Å². The predicted octanol–water partition coefficient (Wildman–Crippen LogP) is 5.66. The van der Waals surface area contributed by atoms with Crippen LogP contribution >= 0.6 is 0 Å². The Balaban J connectivity index is 0.000000489. The molecule has 1 N–H and O–H groups in total. The summed E-state index contributed by atoms with van der Waals surface area (Å²) >= 11 is 0. The van der Waals surface area contributed by atoms with Crippen molar-refractivity contribution in [2.75, 3.05) is 0 Å². The Labute approximate surface area is 178 Å². The fourth-order valence-corrected chi connectivity index (χ4v) is 2.71. The van der Waals surface area contributed by atoms with Crippen LogP contribution in [0.2, 0.25) is 0 Å². The summed E-state index contributed by atoms with van der Waals surface area (Å²) < 4.78 is 22.6. The molecule has 0 saturated carbocycles. The van der Waals surface area contributed by atoms with E-state index in [4.69, 9.17) is 9.22 Å². The first kappa shape index (κ1) is 18.1. The fourth-order valence-electron chi connectivity index (χ4n) is 2.71. The van der Waals surface area contributed by atoms with Crippen LogP contribution in [0.3, 0.4) is 0 Å². The number of pyridine rings is 1. The van der Waals surface area contributed by atoms with Gasteiger partial charge in [-0.25, -0.2) is 0 Å². The third kappa shape index (κ3) is 6.74. The van der Waals surface area contributed by atoms with Crippen molar-refractivity contribution in [3.8, 4) is 11.3 Å². The molecule has 0 aliphatic rings. The zero-order valence-corrected chi connectivity index (χ0v) is 18.1. The van der Waals surface area contributed by atoms with Crippen LogP contribution in [0, 0.1) is 26.8 Å². The minimum atomic E-state index is -2.09. The number of aromatic nitrogens is 1. The van der Waals surface area contributed by atoms with E-state index in [2.05, 4.69) is 17.1 Å². The van der Waals surface area contributed by atoms with E-state index in [0.717, 1.165) is 33.2 Å². The van der Waals surface area contributed by atoms with Crippen molar-refractivity contribution in [2.45, 2.75) is 34.5 Å². The van der Waals surface area contributed by atoms with Crippen LogP contribution in [0.4, 0.5) is 0 Å². The second-order valence-corrected chi connectivity index (χ2v) is 6.25. The predicted molar refractivity (Wildman–Crippen MR) is 107 cm³/mol. The van der Waals surface area contributed by atoms with Gasteiger partial charge in [-0.3, -0.25) is 4.79 Å². The number of hydrogen-bond acceptors (Lipinski definition) is 3. The molecule has 3 aromatic rings. The number of nitrogens with zero attached hydrogens (tertiary/aromatic N) is 1. The van der Waals surface area contributed by atoms with Gasteiger partial charge in [0.1, 0.15) is 0 Å². The van der Waals surface area contributed by atoms with Crippen molar-refractivity contribution in [3.63, 3.8) is 0 Å². The molecule has 0 unspecified atom stereocenters. The molecule has 1 heterocycles. The minimum Gasteiger partial charge on any atom is -0.512 e. The van der Waals surface area contributed by atoms with Gasteiger partial charge in [0, 0.05) is 36.5 Å². The molecule has 3 rings (SSSR count). The first-order chi connectivity index (χ1) is 13.5. The van der Waals surface area contributed by atoms with Crippen molar-refractivity contribution in [2.24, 2.45) is 0 Å². The molecule has 3 nitrogen and oxygen atoms in total. The zero-order chi connectivity index (χ0) is 21.8. The second-order valence-electron chi connectivity index (χ2n) is 6.25. The molecule has 27 heavy (non-hydrogen) atoms. The van der Waals surface area contributed by atoms with E-state index in [-0.39, 0.29) is 31.6 Å². The molecule has 0 bridgehead atoms. The Morgan fingerprint density at radius 3 is 2.44 bits per heavy atom. The normalized spacial score (nSPS) is 12.7. The molecule has 2 aromatic carbocycles. The Kier molecular flexibility index (Phi) is 6.80. The molecule has 143 valence electrons. The number of aliphatic hydroxyl groups is 1. The number of hydrogen-bond donors (Lipinski definition) is 1. The number of aryl methyl sites for hydroxylation is 3. The van der Waals surface area contributed by atoms with E-state index in [1.807, 2.05) is 32.0 Å². The standard InChI is InChI=1S/C18H16N.C5H8O2.Ir/c1-12-4-5-17-15(9-12)6-7-19-18(17)16-10-13(2)8-14(3)11-16;1-4(6)3-5(2)7;/h4-10H,1-3H3;3,6H,1-2H3;/q-1;;/b;4-3-;/i1D3;;. The molecule has 0 fully saturated rings. The monoisotopic (exact) mass is 542 g/mol. The van der Waals surface area contributed by atoms with Crippen LogP contribution in [-0.2, 0) is 24.9 Å². The van der Waals surface area contributed by atoms with Gasteiger partial charge >= 0.3 is 0 Å². The topological polar surface area (TPSA) is 50.2 Å². The first-order valence-electron chi connectivity index (χ1n) is 9.75. The zero-order valence-electron chi connectivity index (χ0n) is 18.8. The van der Waals surface area contributed by atoms with E-state index >= 15 is 0 Å². The van der Waals surface area contributed by atoms with Crippen LogP contribution in [0.25, 0.3) is 22.0 Å². The summed E-state index contributed by atoms with van der Waals surface area (Å²) in [5, 5.41) is 10.2. The third-order valence-corrected chi connectivity index (χ3v) is 3.58. The van der Waals surface area contributed by atoms with Crippen molar-refractivity contribution in [1.29, 1.82) is 0 Å². The minimum absolute atomic E-state index is 0. The summed E-state index contributed by atoms with van der Waals surface area (Å²) in [6.07, 6.45) is 2.88. The van der Waals surface area contributed by atoms with Gasteiger partial charge in [0.2, 0.25) is 0 Å². The summed E-state index contributed by atoms with van der Waals surface area (Å²) in [4.78, 5) is 14.5. The second kappa shape index (κ2) is 10.1. The van der Waals surface area contributed by atoms with Crippen LogP contribution in [0.5, 0.6) is 0 Å². The number of rotatable bonds is 2. The van der Waals surface area contributed by atoms with E-state index in [1.54, 1.807) is 18.3 Å². The van der Waals surface area contributed by atoms with Gasteiger partial charge in [0.15, 0.2) is 5.78 Å². The van der Waals surface area contributed by atoms with E-state index in [9.17, 15) is 4.79 Å². The van der Waals surface area contributed by atoms with Crippen LogP contribution in [0.1, 0.15) is 34.7 Å². The van der Waals surface area contributed by atoms with Gasteiger partial charge in [-0.2, -0.15) is 0 Å². The van der Waals surface area contributed by atoms with Gasteiger partial charge in [0.25, 0.3) is 0 Å². The molecule has 0 saturated heterocycles. The number of fused-ring (bicyclic) bond motifs is 1. The van der Waals surface area contributed by atoms with Gasteiger partial charge < -0.3 is 10.1 Å². The van der Waals surface area contributed by atoms with Gasteiger partial charge in [-0.1, -0.05) is 37.6 Å². The molecule has 1 aromatic heterocycles. The molecule has 0 aliphatic heterocycles. The largest absolute Gasteiger partial charge is 0.512 e. The van der Waals surface area contributed by atoms with Crippen molar-refractivity contribution in [1.82, 2.24) is 4.98 Å². The molecule has 0 atom stereocenters. The van der Waals surface area contributed by atoms with E-state index < -0.39 is 6.85 Å². The van der Waals surface area contributed by atoms with Crippen molar-refractivity contribution in [3.05, 3.63) is 77.2 Å². The molecule has 0 amide bonds. The molecular formula is C23H24IrNO2-.